The molecular weight excluding hydrogens is 278 g/mol. The number of aliphatic carboxylic acids is 1. The Bertz CT molecular complexity index is 344. The fourth-order valence-corrected chi connectivity index (χ4v) is 3.47. The summed E-state index contributed by atoms with van der Waals surface area (Å²) in [7, 11) is 1.26. The average Bonchev–Trinajstić information content (AvgIpc) is 2.71. The summed E-state index contributed by atoms with van der Waals surface area (Å²) in [5, 5.41) is 8.86. The highest BCUT2D eigenvalue weighted by molar-refractivity contribution is 8.00. The Kier molecular flexibility index (Phi) is 5.84. The number of hydrogen-bond acceptors (Lipinski definition) is 3. The molecule has 1 aliphatic heterocycles. The number of carboxylic acids is 1. The number of carbonyl (C=O) groups excluding carboxylic acids is 1. The number of rotatable bonds is 5. The molecule has 0 aromatic heterocycles. The lowest BCUT2D eigenvalue weighted by Crippen LogP contribution is -2.51. The van der Waals surface area contributed by atoms with Crippen LogP contribution in [-0.2, 0) is 4.79 Å². The van der Waals surface area contributed by atoms with Gasteiger partial charge in [-0.25, -0.2) is 18.4 Å². The minimum atomic E-state index is -2.63. The largest absolute Gasteiger partial charge is 0.480 e. The molecule has 1 heterocycles. The lowest BCUT2D eigenvalue weighted by atomic mass is 10.2. The molecule has 0 aromatic rings. The van der Waals surface area contributed by atoms with Crippen molar-refractivity contribution in [2.45, 2.75) is 37.6 Å². The fourth-order valence-electron chi connectivity index (χ4n) is 1.96. The van der Waals surface area contributed by atoms with Crippen molar-refractivity contribution in [2.24, 2.45) is 0 Å². The molecule has 8 heteroatoms. The van der Waals surface area contributed by atoms with Crippen LogP contribution < -0.4 is 0 Å². The van der Waals surface area contributed by atoms with E-state index >= 15 is 0 Å². The summed E-state index contributed by atoms with van der Waals surface area (Å²) in [4.78, 5) is 25.4. The molecular formula is C11H18F2N2O3S. The molecule has 0 radical (unpaired) electrons. The van der Waals surface area contributed by atoms with E-state index < -0.39 is 31.0 Å². The molecule has 1 saturated heterocycles. The van der Waals surface area contributed by atoms with E-state index in [4.69, 9.17) is 5.11 Å². The molecule has 5 nitrogen and oxygen atoms in total. The molecule has 2 unspecified atom stereocenters. The summed E-state index contributed by atoms with van der Waals surface area (Å²) in [5.41, 5.74) is 0. The van der Waals surface area contributed by atoms with Crippen LogP contribution in [0.5, 0.6) is 0 Å². The first-order valence-electron chi connectivity index (χ1n) is 6.04. The summed E-state index contributed by atoms with van der Waals surface area (Å²) in [5.74, 6) is -0.793. The Balaban J connectivity index is 2.82. The Morgan fingerprint density at radius 3 is 2.63 bits per heavy atom. The molecule has 0 spiro atoms. The van der Waals surface area contributed by atoms with Crippen molar-refractivity contribution in [3.05, 3.63) is 0 Å². The highest BCUT2D eigenvalue weighted by Crippen LogP contribution is 2.33. The number of alkyl halides is 2. The number of thioether (sulfide) groups is 1. The third-order valence-electron chi connectivity index (χ3n) is 2.87. The first-order valence-corrected chi connectivity index (χ1v) is 7.09. The zero-order valence-electron chi connectivity index (χ0n) is 10.9. The van der Waals surface area contributed by atoms with Gasteiger partial charge in [-0.3, -0.25) is 4.90 Å². The van der Waals surface area contributed by atoms with Crippen molar-refractivity contribution in [3.8, 4) is 0 Å². The highest BCUT2D eigenvalue weighted by Gasteiger charge is 2.42. The van der Waals surface area contributed by atoms with Crippen LogP contribution >= 0.6 is 11.8 Å². The van der Waals surface area contributed by atoms with E-state index in [0.29, 0.717) is 12.2 Å². The molecule has 0 saturated carbocycles. The van der Waals surface area contributed by atoms with Crippen LogP contribution in [0.15, 0.2) is 0 Å². The van der Waals surface area contributed by atoms with Crippen LogP contribution in [0.3, 0.4) is 0 Å². The minimum Gasteiger partial charge on any atom is -0.480 e. The van der Waals surface area contributed by atoms with Gasteiger partial charge in [-0.2, -0.15) is 0 Å². The van der Waals surface area contributed by atoms with Crippen LogP contribution in [0.25, 0.3) is 0 Å². The molecule has 2 amide bonds. The third-order valence-corrected chi connectivity index (χ3v) is 4.23. The van der Waals surface area contributed by atoms with Crippen LogP contribution in [0.2, 0.25) is 0 Å². The molecule has 0 aliphatic carbocycles. The van der Waals surface area contributed by atoms with Crippen LogP contribution in [0.4, 0.5) is 13.6 Å². The molecule has 1 aliphatic rings. The van der Waals surface area contributed by atoms with Gasteiger partial charge in [0.2, 0.25) is 0 Å². The van der Waals surface area contributed by atoms with Crippen LogP contribution in [0.1, 0.15) is 19.8 Å². The summed E-state index contributed by atoms with van der Waals surface area (Å²) in [6.45, 7) is 1.24. The van der Waals surface area contributed by atoms with Crippen molar-refractivity contribution in [2.75, 3.05) is 19.3 Å². The van der Waals surface area contributed by atoms with E-state index in [1.807, 2.05) is 6.92 Å². The molecule has 110 valence electrons. The van der Waals surface area contributed by atoms with E-state index in [1.54, 1.807) is 0 Å². The van der Waals surface area contributed by atoms with Crippen molar-refractivity contribution in [1.82, 2.24) is 9.80 Å². The smallest absolute Gasteiger partial charge is 0.327 e. The van der Waals surface area contributed by atoms with Crippen molar-refractivity contribution in [1.29, 1.82) is 0 Å². The van der Waals surface area contributed by atoms with Crippen molar-refractivity contribution >= 4 is 23.8 Å². The lowest BCUT2D eigenvalue weighted by molar-refractivity contribution is -0.141. The quantitative estimate of drug-likeness (QED) is 0.842. The number of carboxylic acid groups (broad SMARTS) is 1. The van der Waals surface area contributed by atoms with Gasteiger partial charge >= 0.3 is 12.0 Å². The maximum atomic E-state index is 12.3. The first kappa shape index (κ1) is 16.0. The van der Waals surface area contributed by atoms with E-state index in [0.717, 1.165) is 11.3 Å². The maximum absolute atomic E-state index is 12.3. The van der Waals surface area contributed by atoms with Gasteiger partial charge in [0, 0.05) is 12.8 Å². The number of urea groups is 1. The van der Waals surface area contributed by atoms with Gasteiger partial charge in [-0.15, -0.1) is 11.8 Å². The van der Waals surface area contributed by atoms with Crippen molar-refractivity contribution in [3.63, 3.8) is 0 Å². The van der Waals surface area contributed by atoms with Crippen molar-refractivity contribution < 1.29 is 23.5 Å². The predicted molar refractivity (Wildman–Crippen MR) is 68.4 cm³/mol. The zero-order valence-corrected chi connectivity index (χ0v) is 11.7. The number of nitrogens with zero attached hydrogens (tertiary/aromatic N) is 2. The summed E-state index contributed by atoms with van der Waals surface area (Å²) in [6.07, 6.45) is -1.17. The Morgan fingerprint density at radius 2 is 2.16 bits per heavy atom. The van der Waals surface area contributed by atoms with E-state index in [1.165, 1.54) is 23.7 Å². The Hall–Kier alpha value is -1.05. The normalized spacial score (nSPS) is 22.9. The molecule has 0 aromatic carbocycles. The predicted octanol–water partition coefficient (Wildman–Crippen LogP) is 1.93. The topological polar surface area (TPSA) is 60.9 Å². The average molecular weight is 296 g/mol. The maximum Gasteiger partial charge on any atom is 0.327 e. The second-order valence-electron chi connectivity index (χ2n) is 4.39. The second-order valence-corrected chi connectivity index (χ2v) is 5.60. The summed E-state index contributed by atoms with van der Waals surface area (Å²) in [6, 6.07) is -1.58. The second kappa shape index (κ2) is 6.93. The van der Waals surface area contributed by atoms with E-state index in [9.17, 15) is 18.4 Å². The molecule has 19 heavy (non-hydrogen) atoms. The van der Waals surface area contributed by atoms with Crippen LogP contribution in [-0.4, -0.2) is 64.1 Å². The van der Waals surface area contributed by atoms with Gasteiger partial charge in [0.25, 0.3) is 6.43 Å². The molecule has 2 atom stereocenters. The van der Waals surface area contributed by atoms with Gasteiger partial charge in [0.05, 0.1) is 11.9 Å². The summed E-state index contributed by atoms with van der Waals surface area (Å²) < 4.78 is 24.6. The van der Waals surface area contributed by atoms with E-state index in [2.05, 4.69) is 0 Å². The summed E-state index contributed by atoms with van der Waals surface area (Å²) >= 11 is 1.39. The van der Waals surface area contributed by atoms with Gasteiger partial charge in [0.15, 0.2) is 0 Å². The fraction of sp³-hybridized carbons (Fsp3) is 0.818. The van der Waals surface area contributed by atoms with Gasteiger partial charge in [0.1, 0.15) is 6.04 Å². The standard InChI is InChI=1S/C11H18F2N2O3S/c1-3-4-9-15(7(6-19-9)10(16)17)11(18)14(2)5-8(12)13/h7-9H,3-6H2,1-2H3,(H,16,17). The highest BCUT2D eigenvalue weighted by atomic mass is 32.2. The third kappa shape index (κ3) is 3.95. The zero-order chi connectivity index (χ0) is 14.6. The molecule has 1 fully saturated rings. The van der Waals surface area contributed by atoms with Gasteiger partial charge in [-0.05, 0) is 6.42 Å². The minimum absolute atomic E-state index is 0.251. The Labute approximate surface area is 114 Å². The monoisotopic (exact) mass is 296 g/mol. The SMILES string of the molecule is CCCC1SCC(C(=O)O)N1C(=O)N(C)CC(F)F. The van der Waals surface area contributed by atoms with Gasteiger partial charge < -0.3 is 10.0 Å². The number of hydrogen-bond donors (Lipinski definition) is 1. The number of halogens is 2. The Morgan fingerprint density at radius 1 is 1.53 bits per heavy atom. The first-order chi connectivity index (χ1) is 8.88. The van der Waals surface area contributed by atoms with E-state index in [-0.39, 0.29) is 5.37 Å². The van der Waals surface area contributed by atoms with Gasteiger partial charge in [-0.1, -0.05) is 13.3 Å². The number of amides is 2. The number of carbonyl (C=O) groups is 2. The van der Waals surface area contributed by atoms with Crippen LogP contribution in [0, 0.1) is 0 Å². The molecule has 0 bridgehead atoms. The molecule has 1 rings (SSSR count). The molecule has 1 N–H and O–H groups in total. The lowest BCUT2D eigenvalue weighted by Gasteiger charge is -2.31.